The molecule has 2 heterocycles. The van der Waals surface area contributed by atoms with Crippen LogP contribution in [0.3, 0.4) is 0 Å². The Morgan fingerprint density at radius 2 is 1.82 bits per heavy atom. The van der Waals surface area contributed by atoms with E-state index in [1.54, 1.807) is 12.3 Å². The maximum atomic E-state index is 12.3. The molecule has 1 aromatic heterocycles. The van der Waals surface area contributed by atoms with Gasteiger partial charge in [0.15, 0.2) is 11.5 Å². The maximum absolute atomic E-state index is 12.3. The van der Waals surface area contributed by atoms with Crippen molar-refractivity contribution in [1.29, 1.82) is 0 Å². The van der Waals surface area contributed by atoms with E-state index in [2.05, 4.69) is 44.8 Å². The Bertz CT molecular complexity index is 1030. The molecule has 0 saturated carbocycles. The molecule has 7 nitrogen and oxygen atoms in total. The number of hydrogen-bond donors (Lipinski definition) is 2. The molecule has 0 bridgehead atoms. The van der Waals surface area contributed by atoms with Gasteiger partial charge in [-0.1, -0.05) is 48.5 Å². The fourth-order valence-electron chi connectivity index (χ4n) is 3.85. The second-order valence-corrected chi connectivity index (χ2v) is 8.02. The number of para-hydroxylation sites is 2. The van der Waals surface area contributed by atoms with Gasteiger partial charge in [-0.3, -0.25) is 4.90 Å². The number of amides is 2. The first-order valence-corrected chi connectivity index (χ1v) is 11.3. The van der Waals surface area contributed by atoms with Crippen LogP contribution in [0.5, 0.6) is 17.4 Å². The number of rotatable bonds is 9. The van der Waals surface area contributed by atoms with E-state index in [0.717, 1.165) is 31.6 Å². The SMILES string of the molecule is CCOc1ccccc1Oc1ccc(CNC(=O)NC2CCN(Cc3ccccc3)C2)cn1. The van der Waals surface area contributed by atoms with E-state index in [0.29, 0.717) is 30.5 Å². The van der Waals surface area contributed by atoms with E-state index in [4.69, 9.17) is 9.47 Å². The number of benzene rings is 2. The standard InChI is InChI=1S/C26H30N4O3/c1-2-32-23-10-6-7-11-24(23)33-25-13-12-21(16-27-25)17-28-26(31)29-22-14-15-30(19-22)18-20-8-4-3-5-9-20/h3-13,16,22H,2,14-15,17-19H2,1H3,(H2,28,29,31). The first-order chi connectivity index (χ1) is 16.2. The van der Waals surface area contributed by atoms with Crippen molar-refractivity contribution in [2.24, 2.45) is 0 Å². The van der Waals surface area contributed by atoms with Crippen molar-refractivity contribution < 1.29 is 14.3 Å². The number of hydrogen-bond acceptors (Lipinski definition) is 5. The predicted molar refractivity (Wildman–Crippen MR) is 127 cm³/mol. The lowest BCUT2D eigenvalue weighted by molar-refractivity contribution is 0.235. The van der Waals surface area contributed by atoms with E-state index in [1.807, 2.05) is 43.3 Å². The highest BCUT2D eigenvalue weighted by Crippen LogP contribution is 2.30. The van der Waals surface area contributed by atoms with Crippen LogP contribution in [0.25, 0.3) is 0 Å². The average molecular weight is 447 g/mol. The van der Waals surface area contributed by atoms with Crippen LogP contribution in [-0.2, 0) is 13.1 Å². The number of pyridine rings is 1. The zero-order valence-corrected chi connectivity index (χ0v) is 18.9. The molecule has 2 amide bonds. The molecule has 1 atom stereocenters. The Hall–Kier alpha value is -3.58. The summed E-state index contributed by atoms with van der Waals surface area (Å²) in [5, 5.41) is 5.99. The van der Waals surface area contributed by atoms with Gasteiger partial charge < -0.3 is 20.1 Å². The highest BCUT2D eigenvalue weighted by molar-refractivity contribution is 5.74. The molecule has 4 rings (SSSR count). The quantitative estimate of drug-likeness (QED) is 0.511. The van der Waals surface area contributed by atoms with Gasteiger partial charge in [-0.05, 0) is 36.6 Å². The van der Waals surface area contributed by atoms with Gasteiger partial charge in [0.05, 0.1) is 6.61 Å². The zero-order valence-electron chi connectivity index (χ0n) is 18.9. The summed E-state index contributed by atoms with van der Waals surface area (Å²) in [4.78, 5) is 19.1. The second-order valence-electron chi connectivity index (χ2n) is 8.02. The van der Waals surface area contributed by atoms with E-state index < -0.39 is 0 Å². The smallest absolute Gasteiger partial charge is 0.315 e. The van der Waals surface area contributed by atoms with Crippen LogP contribution in [-0.4, -0.2) is 41.7 Å². The van der Waals surface area contributed by atoms with Gasteiger partial charge in [-0.15, -0.1) is 0 Å². The second kappa shape index (κ2) is 11.3. The zero-order chi connectivity index (χ0) is 22.9. The maximum Gasteiger partial charge on any atom is 0.315 e. The topological polar surface area (TPSA) is 75.7 Å². The van der Waals surface area contributed by atoms with Crippen molar-refractivity contribution in [2.45, 2.75) is 32.5 Å². The number of carbonyl (C=O) groups is 1. The molecule has 1 aliphatic rings. The molecule has 7 heteroatoms. The van der Waals surface area contributed by atoms with Crippen molar-refractivity contribution in [3.63, 3.8) is 0 Å². The Morgan fingerprint density at radius 1 is 1.03 bits per heavy atom. The summed E-state index contributed by atoms with van der Waals surface area (Å²) in [5.74, 6) is 1.77. The van der Waals surface area contributed by atoms with Gasteiger partial charge in [-0.25, -0.2) is 9.78 Å². The first kappa shape index (κ1) is 22.6. The Morgan fingerprint density at radius 3 is 2.58 bits per heavy atom. The summed E-state index contributed by atoms with van der Waals surface area (Å²) in [7, 11) is 0. The number of ether oxygens (including phenoxy) is 2. The number of aromatic nitrogens is 1. The molecule has 2 aromatic carbocycles. The summed E-state index contributed by atoms with van der Waals surface area (Å²) in [5.41, 5.74) is 2.19. The molecule has 0 radical (unpaired) electrons. The molecule has 33 heavy (non-hydrogen) atoms. The number of nitrogens with zero attached hydrogens (tertiary/aromatic N) is 2. The van der Waals surface area contributed by atoms with Gasteiger partial charge in [-0.2, -0.15) is 0 Å². The molecule has 2 N–H and O–H groups in total. The monoisotopic (exact) mass is 446 g/mol. The number of urea groups is 1. The lowest BCUT2D eigenvalue weighted by atomic mass is 10.2. The van der Waals surface area contributed by atoms with Gasteiger partial charge in [0.25, 0.3) is 0 Å². The van der Waals surface area contributed by atoms with Crippen molar-refractivity contribution in [3.8, 4) is 17.4 Å². The summed E-state index contributed by atoms with van der Waals surface area (Å²) in [6, 6.07) is 21.6. The number of carbonyl (C=O) groups excluding carboxylic acids is 1. The number of nitrogens with one attached hydrogen (secondary N) is 2. The van der Waals surface area contributed by atoms with Crippen LogP contribution >= 0.6 is 0 Å². The van der Waals surface area contributed by atoms with E-state index in [9.17, 15) is 4.79 Å². The minimum atomic E-state index is -0.160. The third kappa shape index (κ3) is 6.70. The van der Waals surface area contributed by atoms with Crippen molar-refractivity contribution >= 4 is 6.03 Å². The van der Waals surface area contributed by atoms with Crippen molar-refractivity contribution in [2.75, 3.05) is 19.7 Å². The third-order valence-electron chi connectivity index (χ3n) is 5.47. The molecule has 3 aromatic rings. The molecule has 1 fully saturated rings. The van der Waals surface area contributed by atoms with Gasteiger partial charge in [0.2, 0.25) is 5.88 Å². The molecule has 0 spiro atoms. The lowest BCUT2D eigenvalue weighted by Gasteiger charge is -2.17. The summed E-state index contributed by atoms with van der Waals surface area (Å²) in [6.07, 6.45) is 2.66. The van der Waals surface area contributed by atoms with E-state index in [1.165, 1.54) is 5.56 Å². The molecule has 172 valence electrons. The minimum Gasteiger partial charge on any atom is -0.490 e. The van der Waals surface area contributed by atoms with Crippen molar-refractivity contribution in [3.05, 3.63) is 84.1 Å². The highest BCUT2D eigenvalue weighted by Gasteiger charge is 2.23. The lowest BCUT2D eigenvalue weighted by Crippen LogP contribution is -2.43. The van der Waals surface area contributed by atoms with Crippen molar-refractivity contribution in [1.82, 2.24) is 20.5 Å². The van der Waals surface area contributed by atoms with Crippen LogP contribution in [0, 0.1) is 0 Å². The van der Waals surface area contributed by atoms with E-state index in [-0.39, 0.29) is 12.1 Å². The molecule has 1 aliphatic heterocycles. The van der Waals surface area contributed by atoms with Crippen LogP contribution in [0.2, 0.25) is 0 Å². The molecule has 1 saturated heterocycles. The fourth-order valence-corrected chi connectivity index (χ4v) is 3.85. The van der Waals surface area contributed by atoms with Crippen LogP contribution in [0.1, 0.15) is 24.5 Å². The van der Waals surface area contributed by atoms with Gasteiger partial charge >= 0.3 is 6.03 Å². The van der Waals surface area contributed by atoms with Crippen LogP contribution < -0.4 is 20.1 Å². The Labute approximate surface area is 194 Å². The molecular formula is C26H30N4O3. The average Bonchev–Trinajstić information content (AvgIpc) is 3.27. The summed E-state index contributed by atoms with van der Waals surface area (Å²) >= 11 is 0. The first-order valence-electron chi connectivity index (χ1n) is 11.3. The highest BCUT2D eigenvalue weighted by atomic mass is 16.5. The van der Waals surface area contributed by atoms with Gasteiger partial charge in [0.1, 0.15) is 0 Å². The largest absolute Gasteiger partial charge is 0.490 e. The molecular weight excluding hydrogens is 416 g/mol. The normalized spacial score (nSPS) is 15.7. The van der Waals surface area contributed by atoms with Crippen LogP contribution in [0.15, 0.2) is 72.9 Å². The van der Waals surface area contributed by atoms with Gasteiger partial charge in [0, 0.05) is 44.5 Å². The molecule has 1 unspecified atom stereocenters. The Balaban J connectivity index is 1.21. The minimum absolute atomic E-state index is 0.160. The summed E-state index contributed by atoms with van der Waals surface area (Å²) in [6.45, 7) is 5.65. The predicted octanol–water partition coefficient (Wildman–Crippen LogP) is 4.35. The van der Waals surface area contributed by atoms with E-state index >= 15 is 0 Å². The summed E-state index contributed by atoms with van der Waals surface area (Å²) < 4.78 is 11.4. The third-order valence-corrected chi connectivity index (χ3v) is 5.47. The number of likely N-dealkylation sites (tertiary alicyclic amines) is 1. The molecule has 0 aliphatic carbocycles. The Kier molecular flexibility index (Phi) is 7.76. The van der Waals surface area contributed by atoms with Crippen LogP contribution in [0.4, 0.5) is 4.79 Å². The fraction of sp³-hybridized carbons (Fsp3) is 0.308.